The van der Waals surface area contributed by atoms with E-state index < -0.39 is 0 Å². The molecule has 0 aliphatic carbocycles. The van der Waals surface area contributed by atoms with Gasteiger partial charge in [0.1, 0.15) is 17.5 Å². The molecule has 0 unspecified atom stereocenters. The summed E-state index contributed by atoms with van der Waals surface area (Å²) in [5, 5.41) is 0.496. The molecule has 0 aliphatic heterocycles. The van der Waals surface area contributed by atoms with E-state index in [9.17, 15) is 0 Å². The van der Waals surface area contributed by atoms with Crippen molar-refractivity contribution in [2.45, 2.75) is 13.8 Å². The van der Waals surface area contributed by atoms with Crippen molar-refractivity contribution >= 4 is 11.6 Å². The maximum atomic E-state index is 5.70. The first-order valence-corrected chi connectivity index (χ1v) is 4.49. The zero-order valence-corrected chi connectivity index (χ0v) is 8.51. The van der Waals surface area contributed by atoms with Crippen molar-refractivity contribution in [3.8, 4) is 5.75 Å². The monoisotopic (exact) mass is 197 g/mol. The lowest BCUT2D eigenvalue weighted by Crippen LogP contribution is -1.96. The molecule has 2 nitrogen and oxygen atoms in total. The minimum absolute atomic E-state index is 0.496. The fourth-order valence-corrected chi connectivity index (χ4v) is 1.09. The van der Waals surface area contributed by atoms with Gasteiger partial charge in [-0.2, -0.15) is 0 Å². The van der Waals surface area contributed by atoms with Crippen LogP contribution >= 0.6 is 11.6 Å². The maximum absolute atomic E-state index is 5.70. The molecule has 0 saturated carbocycles. The number of pyridine rings is 1. The molecule has 3 heteroatoms. The van der Waals surface area contributed by atoms with Gasteiger partial charge in [0, 0.05) is 0 Å². The summed E-state index contributed by atoms with van der Waals surface area (Å²) in [4.78, 5) is 4.07. The number of hydrogen-bond donors (Lipinski definition) is 0. The van der Waals surface area contributed by atoms with Crippen molar-refractivity contribution in [2.24, 2.45) is 0 Å². The third-order valence-electron chi connectivity index (χ3n) is 1.57. The van der Waals surface area contributed by atoms with E-state index in [1.54, 1.807) is 6.07 Å². The predicted molar refractivity (Wildman–Crippen MR) is 54.3 cm³/mol. The molecule has 0 radical (unpaired) electrons. The van der Waals surface area contributed by atoms with Crippen LogP contribution in [0.3, 0.4) is 0 Å². The standard InChI is InChI=1S/C10H12ClNO/c1-3-4-7-13-9-5-6-10(11)12-8(9)2/h3-6H,7H2,1-2H3. The molecule has 0 fully saturated rings. The van der Waals surface area contributed by atoms with E-state index in [2.05, 4.69) is 4.98 Å². The van der Waals surface area contributed by atoms with Crippen molar-refractivity contribution in [3.05, 3.63) is 35.1 Å². The molecule has 1 aromatic heterocycles. The van der Waals surface area contributed by atoms with Gasteiger partial charge in [0.2, 0.25) is 0 Å². The smallest absolute Gasteiger partial charge is 0.141 e. The first-order valence-electron chi connectivity index (χ1n) is 4.11. The van der Waals surface area contributed by atoms with E-state index in [1.807, 2.05) is 32.1 Å². The van der Waals surface area contributed by atoms with E-state index >= 15 is 0 Å². The highest BCUT2D eigenvalue weighted by molar-refractivity contribution is 6.29. The van der Waals surface area contributed by atoms with E-state index in [0.29, 0.717) is 11.8 Å². The van der Waals surface area contributed by atoms with Gasteiger partial charge in [-0.1, -0.05) is 23.8 Å². The van der Waals surface area contributed by atoms with Crippen molar-refractivity contribution < 1.29 is 4.74 Å². The molecule has 0 N–H and O–H groups in total. The summed E-state index contributed by atoms with van der Waals surface area (Å²) in [5.41, 5.74) is 0.817. The van der Waals surface area contributed by atoms with Crippen molar-refractivity contribution in [1.29, 1.82) is 0 Å². The molecule has 0 spiro atoms. The second kappa shape index (κ2) is 4.87. The molecular formula is C10H12ClNO. The predicted octanol–water partition coefficient (Wildman–Crippen LogP) is 3.00. The largest absolute Gasteiger partial charge is 0.488 e. The van der Waals surface area contributed by atoms with Crippen LogP contribution in [0.15, 0.2) is 24.3 Å². The van der Waals surface area contributed by atoms with Crippen LogP contribution in [0.25, 0.3) is 0 Å². The molecule has 1 heterocycles. The SMILES string of the molecule is CC=CCOc1ccc(Cl)nc1C. The number of hydrogen-bond acceptors (Lipinski definition) is 2. The highest BCUT2D eigenvalue weighted by Crippen LogP contribution is 2.17. The summed E-state index contributed by atoms with van der Waals surface area (Å²) in [5.74, 6) is 0.780. The van der Waals surface area contributed by atoms with Crippen molar-refractivity contribution in [2.75, 3.05) is 6.61 Å². The van der Waals surface area contributed by atoms with Crippen LogP contribution in [-0.4, -0.2) is 11.6 Å². The highest BCUT2D eigenvalue weighted by atomic mass is 35.5. The average Bonchev–Trinajstić information content (AvgIpc) is 2.09. The summed E-state index contributed by atoms with van der Waals surface area (Å²) in [6.45, 7) is 4.40. The molecule has 0 aliphatic rings. The van der Waals surface area contributed by atoms with E-state index in [4.69, 9.17) is 16.3 Å². The molecule has 0 aromatic carbocycles. The van der Waals surface area contributed by atoms with Crippen molar-refractivity contribution in [1.82, 2.24) is 4.98 Å². The Hall–Kier alpha value is -1.02. The quantitative estimate of drug-likeness (QED) is 0.549. The van der Waals surface area contributed by atoms with Gasteiger partial charge in [0.05, 0.1) is 5.69 Å². The average molecular weight is 198 g/mol. The summed E-state index contributed by atoms with van der Waals surface area (Å²) in [7, 11) is 0. The molecule has 1 aromatic rings. The molecule has 13 heavy (non-hydrogen) atoms. The number of nitrogens with zero attached hydrogens (tertiary/aromatic N) is 1. The normalized spacial score (nSPS) is 10.7. The number of rotatable bonds is 3. The summed E-state index contributed by atoms with van der Waals surface area (Å²) in [6, 6.07) is 3.55. The Bertz CT molecular complexity index is 310. The second-order valence-electron chi connectivity index (χ2n) is 2.60. The number of ether oxygens (including phenoxy) is 1. The lowest BCUT2D eigenvalue weighted by molar-refractivity contribution is 0.358. The van der Waals surface area contributed by atoms with Gasteiger partial charge in [-0.3, -0.25) is 0 Å². The molecule has 0 saturated heterocycles. The van der Waals surface area contributed by atoms with Gasteiger partial charge in [0.15, 0.2) is 0 Å². The van der Waals surface area contributed by atoms with E-state index in [1.165, 1.54) is 0 Å². The zero-order valence-electron chi connectivity index (χ0n) is 7.75. The number of halogens is 1. The Morgan fingerprint density at radius 2 is 2.31 bits per heavy atom. The van der Waals surface area contributed by atoms with Gasteiger partial charge in [-0.25, -0.2) is 4.98 Å². The van der Waals surface area contributed by atoms with Crippen LogP contribution in [0, 0.1) is 6.92 Å². The van der Waals surface area contributed by atoms with Gasteiger partial charge in [-0.05, 0) is 26.0 Å². The first kappa shape index (κ1) is 10.1. The van der Waals surface area contributed by atoms with Crippen LogP contribution < -0.4 is 4.74 Å². The molecule has 70 valence electrons. The van der Waals surface area contributed by atoms with Crippen molar-refractivity contribution in [3.63, 3.8) is 0 Å². The third kappa shape index (κ3) is 3.07. The molecule has 0 bridgehead atoms. The van der Waals surface area contributed by atoms with Gasteiger partial charge < -0.3 is 4.74 Å². The maximum Gasteiger partial charge on any atom is 0.141 e. The third-order valence-corrected chi connectivity index (χ3v) is 1.78. The lowest BCUT2D eigenvalue weighted by atomic mass is 10.3. The Kier molecular flexibility index (Phi) is 3.77. The van der Waals surface area contributed by atoms with Gasteiger partial charge >= 0.3 is 0 Å². The topological polar surface area (TPSA) is 22.1 Å². The number of aryl methyl sites for hydroxylation is 1. The minimum Gasteiger partial charge on any atom is -0.488 e. The molecular weight excluding hydrogens is 186 g/mol. The molecule has 0 atom stereocenters. The highest BCUT2D eigenvalue weighted by Gasteiger charge is 1.99. The lowest BCUT2D eigenvalue weighted by Gasteiger charge is -2.05. The Morgan fingerprint density at radius 3 is 2.92 bits per heavy atom. The van der Waals surface area contributed by atoms with Crippen LogP contribution in [-0.2, 0) is 0 Å². The summed E-state index contributed by atoms with van der Waals surface area (Å²) in [6.07, 6.45) is 3.88. The molecule has 1 rings (SSSR count). The first-order chi connectivity index (χ1) is 6.24. The fraction of sp³-hybridized carbons (Fsp3) is 0.300. The van der Waals surface area contributed by atoms with E-state index in [-0.39, 0.29) is 0 Å². The van der Waals surface area contributed by atoms with Crippen LogP contribution in [0.1, 0.15) is 12.6 Å². The van der Waals surface area contributed by atoms with Gasteiger partial charge in [0.25, 0.3) is 0 Å². The second-order valence-corrected chi connectivity index (χ2v) is 2.98. The molecule has 0 amide bonds. The Morgan fingerprint density at radius 1 is 1.54 bits per heavy atom. The van der Waals surface area contributed by atoms with Crippen LogP contribution in [0.4, 0.5) is 0 Å². The Labute approximate surface area is 83.2 Å². The van der Waals surface area contributed by atoms with E-state index in [0.717, 1.165) is 11.4 Å². The van der Waals surface area contributed by atoms with Crippen LogP contribution in [0.5, 0.6) is 5.75 Å². The zero-order chi connectivity index (χ0) is 9.68. The minimum atomic E-state index is 0.496. The summed E-state index contributed by atoms with van der Waals surface area (Å²) >= 11 is 5.70. The Balaban J connectivity index is 2.66. The number of aromatic nitrogens is 1. The fourth-order valence-electron chi connectivity index (χ4n) is 0.904. The van der Waals surface area contributed by atoms with Gasteiger partial charge in [-0.15, -0.1) is 0 Å². The number of allylic oxidation sites excluding steroid dienone is 1. The van der Waals surface area contributed by atoms with Crippen LogP contribution in [0.2, 0.25) is 5.15 Å². The summed E-state index contributed by atoms with van der Waals surface area (Å²) < 4.78 is 5.42.